The average molecular weight is 505 g/mol. The summed E-state index contributed by atoms with van der Waals surface area (Å²) in [5, 5.41) is 3.75. The molecule has 1 aliphatic heterocycles. The molecule has 1 saturated heterocycles. The van der Waals surface area contributed by atoms with Crippen molar-refractivity contribution in [2.75, 3.05) is 0 Å². The third-order valence-electron chi connectivity index (χ3n) is 6.56. The van der Waals surface area contributed by atoms with Crippen LogP contribution in [-0.2, 0) is 4.79 Å². The van der Waals surface area contributed by atoms with Crippen molar-refractivity contribution in [1.29, 1.82) is 0 Å². The number of nitrogens with two attached hydrogens (primary N) is 1. The Morgan fingerprint density at radius 3 is 2.26 bits per heavy atom. The Kier molecular flexibility index (Phi) is 6.17. The maximum atomic E-state index is 14.1. The molecule has 2 N–H and O–H groups in total. The van der Waals surface area contributed by atoms with E-state index in [0.717, 1.165) is 16.0 Å². The predicted molar refractivity (Wildman–Crippen MR) is 136 cm³/mol. The van der Waals surface area contributed by atoms with Gasteiger partial charge in [-0.2, -0.15) is 0 Å². The number of benzene rings is 1. The number of furan rings is 1. The lowest BCUT2D eigenvalue weighted by atomic mass is 9.79. The molecule has 4 aromatic rings. The molecule has 35 heavy (non-hydrogen) atoms. The normalized spacial score (nSPS) is 21.8. The minimum absolute atomic E-state index is 0.210. The highest BCUT2D eigenvalue weighted by molar-refractivity contribution is 7.12. The van der Waals surface area contributed by atoms with Crippen LogP contribution in [0.1, 0.15) is 54.0 Å². The molecule has 2 amide bonds. The molecule has 0 radical (unpaired) electrons. The third kappa shape index (κ3) is 4.02. The SMILES string of the molecule is Cc1ccc(C(=O)C2C(c3sccc3C)C(C(N)=O)N(C(=O)c3cccs3)C2c2ccccc2)o1. The molecule has 0 aliphatic carbocycles. The molecule has 1 aromatic carbocycles. The van der Waals surface area contributed by atoms with Crippen molar-refractivity contribution >= 4 is 40.3 Å². The fraction of sp³-hybridized carbons (Fsp3) is 0.222. The van der Waals surface area contributed by atoms with Crippen molar-refractivity contribution < 1.29 is 18.8 Å². The zero-order valence-corrected chi connectivity index (χ0v) is 20.8. The average Bonchev–Trinajstić information content (AvgIpc) is 3.64. The third-order valence-corrected chi connectivity index (χ3v) is 8.53. The maximum absolute atomic E-state index is 14.1. The van der Waals surface area contributed by atoms with Gasteiger partial charge in [-0.1, -0.05) is 36.4 Å². The van der Waals surface area contributed by atoms with Crippen LogP contribution < -0.4 is 5.73 Å². The first-order valence-electron chi connectivity index (χ1n) is 11.2. The summed E-state index contributed by atoms with van der Waals surface area (Å²) >= 11 is 2.77. The van der Waals surface area contributed by atoms with Crippen molar-refractivity contribution in [3.63, 3.8) is 0 Å². The minimum Gasteiger partial charge on any atom is -0.458 e. The number of hydrogen-bond donors (Lipinski definition) is 1. The molecular formula is C27H24N2O4S2. The van der Waals surface area contributed by atoms with Crippen molar-refractivity contribution in [3.05, 3.63) is 104 Å². The zero-order valence-electron chi connectivity index (χ0n) is 19.2. The Labute approximate surface area is 211 Å². The number of thiophene rings is 2. The van der Waals surface area contributed by atoms with E-state index in [1.807, 2.05) is 54.1 Å². The largest absolute Gasteiger partial charge is 0.458 e. The number of carbonyl (C=O) groups is 3. The predicted octanol–water partition coefficient (Wildman–Crippen LogP) is 5.35. The van der Waals surface area contributed by atoms with Gasteiger partial charge in [0.2, 0.25) is 11.7 Å². The van der Waals surface area contributed by atoms with Crippen molar-refractivity contribution in [2.24, 2.45) is 11.7 Å². The fourth-order valence-corrected chi connectivity index (χ4v) is 6.87. The van der Waals surface area contributed by atoms with Crippen molar-refractivity contribution in [1.82, 2.24) is 4.90 Å². The van der Waals surface area contributed by atoms with E-state index in [9.17, 15) is 14.4 Å². The Hall–Kier alpha value is -3.49. The number of Topliss-reactive ketones (excluding diaryl/α,β-unsaturated/α-hetero) is 1. The number of hydrogen-bond acceptors (Lipinski definition) is 6. The number of rotatable bonds is 6. The highest BCUT2D eigenvalue weighted by Gasteiger charge is 2.58. The summed E-state index contributed by atoms with van der Waals surface area (Å²) in [7, 11) is 0. The molecular weight excluding hydrogens is 480 g/mol. The quantitative estimate of drug-likeness (QED) is 0.358. The van der Waals surface area contributed by atoms with E-state index in [1.165, 1.54) is 27.6 Å². The highest BCUT2D eigenvalue weighted by Crippen LogP contribution is 2.53. The summed E-state index contributed by atoms with van der Waals surface area (Å²) in [6.07, 6.45) is 0. The maximum Gasteiger partial charge on any atom is 0.265 e. The van der Waals surface area contributed by atoms with E-state index in [-0.39, 0.29) is 17.5 Å². The summed E-state index contributed by atoms with van der Waals surface area (Å²) < 4.78 is 5.74. The lowest BCUT2D eigenvalue weighted by Crippen LogP contribution is -2.46. The van der Waals surface area contributed by atoms with Gasteiger partial charge in [0.15, 0.2) is 5.76 Å². The van der Waals surface area contributed by atoms with E-state index in [4.69, 9.17) is 10.2 Å². The lowest BCUT2D eigenvalue weighted by molar-refractivity contribution is -0.122. The number of ketones is 1. The lowest BCUT2D eigenvalue weighted by Gasteiger charge is -2.30. The van der Waals surface area contributed by atoms with E-state index in [0.29, 0.717) is 10.6 Å². The van der Waals surface area contributed by atoms with Crippen LogP contribution in [0.4, 0.5) is 0 Å². The first-order chi connectivity index (χ1) is 16.9. The Morgan fingerprint density at radius 1 is 0.914 bits per heavy atom. The van der Waals surface area contributed by atoms with Crippen molar-refractivity contribution in [3.8, 4) is 0 Å². The molecule has 5 rings (SSSR count). The highest BCUT2D eigenvalue weighted by atomic mass is 32.1. The van der Waals surface area contributed by atoms with E-state index in [2.05, 4.69) is 0 Å². The summed E-state index contributed by atoms with van der Waals surface area (Å²) in [5.74, 6) is -1.76. The molecule has 4 atom stereocenters. The van der Waals surface area contributed by atoms with E-state index in [1.54, 1.807) is 31.2 Å². The molecule has 4 unspecified atom stereocenters. The molecule has 0 bridgehead atoms. The van der Waals surface area contributed by atoms with Gasteiger partial charge in [0.1, 0.15) is 11.8 Å². The molecule has 4 heterocycles. The van der Waals surface area contributed by atoms with Crippen LogP contribution in [-0.4, -0.2) is 28.5 Å². The molecule has 0 spiro atoms. The first kappa shape index (κ1) is 23.3. The number of amides is 2. The fourth-order valence-electron chi connectivity index (χ4n) is 5.09. The number of carbonyl (C=O) groups excluding carboxylic acids is 3. The molecule has 8 heteroatoms. The summed E-state index contributed by atoms with van der Waals surface area (Å²) in [5.41, 5.74) is 7.73. The van der Waals surface area contributed by atoms with Gasteiger partial charge in [0, 0.05) is 10.8 Å². The van der Waals surface area contributed by atoms with Crippen LogP contribution in [0.5, 0.6) is 0 Å². The topological polar surface area (TPSA) is 93.6 Å². The van der Waals surface area contributed by atoms with Gasteiger partial charge in [0.25, 0.3) is 5.91 Å². The van der Waals surface area contributed by atoms with Gasteiger partial charge in [0.05, 0.1) is 16.8 Å². The van der Waals surface area contributed by atoms with E-state index >= 15 is 0 Å². The Bertz CT molecular complexity index is 1370. The van der Waals surface area contributed by atoms with Crippen LogP contribution in [0.2, 0.25) is 0 Å². The van der Waals surface area contributed by atoms with Crippen LogP contribution in [0.3, 0.4) is 0 Å². The molecule has 6 nitrogen and oxygen atoms in total. The number of likely N-dealkylation sites (tertiary alicyclic amines) is 1. The molecule has 3 aromatic heterocycles. The molecule has 1 aliphatic rings. The standard InChI is InChI=1S/C27H24N2O4S2/c1-15-12-14-35-25(15)21-20(24(30)18-11-10-16(2)33-18)22(17-7-4-3-5-8-17)29(23(21)26(28)31)27(32)19-9-6-13-34-19/h3-14,20-23H,1-2H3,(H2,28,31). The van der Waals surface area contributed by atoms with Gasteiger partial charge in [-0.15, -0.1) is 22.7 Å². The molecule has 0 saturated carbocycles. The minimum atomic E-state index is -1.00. The second-order valence-corrected chi connectivity index (χ2v) is 10.6. The number of primary amides is 1. The zero-order chi connectivity index (χ0) is 24.7. The van der Waals surface area contributed by atoms with Crippen LogP contribution in [0.25, 0.3) is 0 Å². The Morgan fingerprint density at radius 2 is 1.69 bits per heavy atom. The molecule has 1 fully saturated rings. The van der Waals surface area contributed by atoms with Crippen LogP contribution in [0.15, 0.2) is 75.8 Å². The van der Waals surface area contributed by atoms with Gasteiger partial charge in [-0.05, 0) is 60.0 Å². The summed E-state index contributed by atoms with van der Waals surface area (Å²) in [6.45, 7) is 3.73. The molecule has 178 valence electrons. The second-order valence-electron chi connectivity index (χ2n) is 8.69. The monoisotopic (exact) mass is 504 g/mol. The number of nitrogens with zero attached hydrogens (tertiary/aromatic N) is 1. The second kappa shape index (κ2) is 9.28. The number of aryl methyl sites for hydroxylation is 2. The van der Waals surface area contributed by atoms with Crippen LogP contribution >= 0.6 is 22.7 Å². The summed E-state index contributed by atoms with van der Waals surface area (Å²) in [6, 6.07) is 16.5. The van der Waals surface area contributed by atoms with Gasteiger partial charge in [-0.3, -0.25) is 14.4 Å². The van der Waals surface area contributed by atoms with Gasteiger partial charge >= 0.3 is 0 Å². The van der Waals surface area contributed by atoms with Gasteiger partial charge in [-0.25, -0.2) is 0 Å². The smallest absolute Gasteiger partial charge is 0.265 e. The van der Waals surface area contributed by atoms with Crippen LogP contribution in [0, 0.1) is 19.8 Å². The summed E-state index contributed by atoms with van der Waals surface area (Å²) in [4.78, 5) is 44.0. The van der Waals surface area contributed by atoms with Gasteiger partial charge < -0.3 is 15.1 Å². The Balaban J connectivity index is 1.77. The van der Waals surface area contributed by atoms with E-state index < -0.39 is 29.8 Å². The first-order valence-corrected chi connectivity index (χ1v) is 13.0. The van der Waals surface area contributed by atoms with Crippen molar-refractivity contribution in [2.45, 2.75) is 31.8 Å².